The fraction of sp³-hybridized carbons (Fsp3) is 0.545. The molecular weight excluding hydrogens is 256 g/mol. The molecule has 1 fully saturated rings. The van der Waals surface area contributed by atoms with Crippen molar-refractivity contribution in [1.29, 1.82) is 0 Å². The van der Waals surface area contributed by atoms with Crippen LogP contribution in [0.3, 0.4) is 0 Å². The molecule has 4 heteroatoms. The monoisotopic (exact) mass is 270 g/mol. The summed E-state index contributed by atoms with van der Waals surface area (Å²) >= 11 is 3.44. The first-order chi connectivity index (χ1) is 7.25. The molecule has 0 atom stereocenters. The lowest BCUT2D eigenvalue weighted by atomic mass is 10.1. The van der Waals surface area contributed by atoms with Crippen LogP contribution < -0.4 is 4.74 Å². The molecule has 0 spiro atoms. The normalized spacial score (nSPS) is 19.1. The fourth-order valence-electron chi connectivity index (χ4n) is 1.72. The highest BCUT2D eigenvalue weighted by atomic mass is 79.9. The van der Waals surface area contributed by atoms with Crippen LogP contribution in [0.2, 0.25) is 0 Å². The maximum Gasteiger partial charge on any atom is 0.228 e. The standard InChI is InChI=1S/C11H15BrN2O/c1-14-7-4-9(5-8-14)15-11-10(12)3-2-6-13-11/h2-3,6,9H,4-5,7-8H2,1H3. The van der Waals surface area contributed by atoms with Crippen LogP contribution in [0.15, 0.2) is 22.8 Å². The third-order valence-corrected chi connectivity index (χ3v) is 3.27. The Hall–Kier alpha value is -0.610. The van der Waals surface area contributed by atoms with Crippen LogP contribution in [0.5, 0.6) is 5.88 Å². The first kappa shape index (κ1) is 10.9. The van der Waals surface area contributed by atoms with Gasteiger partial charge in [-0.25, -0.2) is 4.98 Å². The first-order valence-electron chi connectivity index (χ1n) is 5.21. The molecule has 2 heterocycles. The van der Waals surface area contributed by atoms with E-state index in [0.717, 1.165) is 30.4 Å². The van der Waals surface area contributed by atoms with Gasteiger partial charge in [0.2, 0.25) is 5.88 Å². The second kappa shape index (κ2) is 4.94. The van der Waals surface area contributed by atoms with Crippen molar-refractivity contribution in [3.05, 3.63) is 22.8 Å². The molecule has 0 N–H and O–H groups in total. The van der Waals surface area contributed by atoms with Crippen molar-refractivity contribution in [2.24, 2.45) is 0 Å². The van der Waals surface area contributed by atoms with Crippen molar-refractivity contribution >= 4 is 15.9 Å². The summed E-state index contributed by atoms with van der Waals surface area (Å²) in [5, 5.41) is 0. The summed E-state index contributed by atoms with van der Waals surface area (Å²) in [4.78, 5) is 6.54. The minimum Gasteiger partial charge on any atom is -0.473 e. The SMILES string of the molecule is CN1CCC(Oc2ncccc2Br)CC1. The van der Waals surface area contributed by atoms with Gasteiger partial charge in [-0.3, -0.25) is 0 Å². The Bertz CT molecular complexity index is 324. The summed E-state index contributed by atoms with van der Waals surface area (Å²) in [5.74, 6) is 0.715. The molecule has 0 bridgehead atoms. The molecule has 1 aromatic heterocycles. The summed E-state index contributed by atoms with van der Waals surface area (Å²) in [6, 6.07) is 3.85. The van der Waals surface area contributed by atoms with Crippen molar-refractivity contribution in [1.82, 2.24) is 9.88 Å². The average molecular weight is 271 g/mol. The molecule has 0 unspecified atom stereocenters. The van der Waals surface area contributed by atoms with Gasteiger partial charge in [-0.1, -0.05) is 0 Å². The summed E-state index contributed by atoms with van der Waals surface area (Å²) in [7, 11) is 2.15. The van der Waals surface area contributed by atoms with E-state index in [1.165, 1.54) is 0 Å². The number of rotatable bonds is 2. The van der Waals surface area contributed by atoms with E-state index in [9.17, 15) is 0 Å². The predicted octanol–water partition coefficient (Wildman–Crippen LogP) is 2.32. The van der Waals surface area contributed by atoms with Gasteiger partial charge in [-0.2, -0.15) is 0 Å². The summed E-state index contributed by atoms with van der Waals surface area (Å²) in [6.07, 6.45) is 4.24. The van der Waals surface area contributed by atoms with Crippen molar-refractivity contribution in [3.63, 3.8) is 0 Å². The molecule has 0 amide bonds. The topological polar surface area (TPSA) is 25.4 Å². The maximum atomic E-state index is 5.85. The highest BCUT2D eigenvalue weighted by molar-refractivity contribution is 9.10. The fourth-order valence-corrected chi connectivity index (χ4v) is 2.07. The molecule has 1 aliphatic rings. The zero-order chi connectivity index (χ0) is 10.7. The predicted molar refractivity (Wildman–Crippen MR) is 63.1 cm³/mol. The summed E-state index contributed by atoms with van der Waals surface area (Å²) in [6.45, 7) is 2.21. The number of likely N-dealkylation sites (tertiary alicyclic amines) is 1. The second-order valence-corrected chi connectivity index (χ2v) is 4.77. The number of pyridine rings is 1. The molecule has 0 aliphatic carbocycles. The minimum absolute atomic E-state index is 0.312. The lowest BCUT2D eigenvalue weighted by Crippen LogP contribution is -2.35. The number of hydrogen-bond donors (Lipinski definition) is 0. The van der Waals surface area contributed by atoms with Gasteiger partial charge in [0.1, 0.15) is 6.10 Å². The Morgan fingerprint density at radius 2 is 2.20 bits per heavy atom. The lowest BCUT2D eigenvalue weighted by Gasteiger charge is -2.29. The third kappa shape index (κ3) is 2.92. The van der Waals surface area contributed by atoms with Crippen LogP contribution in [0, 0.1) is 0 Å². The van der Waals surface area contributed by atoms with Crippen LogP contribution in [-0.4, -0.2) is 36.1 Å². The summed E-state index contributed by atoms with van der Waals surface area (Å²) < 4.78 is 6.78. The van der Waals surface area contributed by atoms with Gasteiger partial charge >= 0.3 is 0 Å². The zero-order valence-corrected chi connectivity index (χ0v) is 10.4. The Morgan fingerprint density at radius 3 is 2.87 bits per heavy atom. The van der Waals surface area contributed by atoms with E-state index < -0.39 is 0 Å². The largest absolute Gasteiger partial charge is 0.473 e. The van der Waals surface area contributed by atoms with Gasteiger partial charge in [-0.15, -0.1) is 0 Å². The summed E-state index contributed by atoms with van der Waals surface area (Å²) in [5.41, 5.74) is 0. The highest BCUT2D eigenvalue weighted by Gasteiger charge is 2.19. The van der Waals surface area contributed by atoms with E-state index >= 15 is 0 Å². The van der Waals surface area contributed by atoms with Gasteiger partial charge in [0.05, 0.1) is 4.47 Å². The number of hydrogen-bond acceptors (Lipinski definition) is 3. The van der Waals surface area contributed by atoms with Gasteiger partial charge in [0.15, 0.2) is 0 Å². The molecule has 1 saturated heterocycles. The second-order valence-electron chi connectivity index (χ2n) is 3.91. The Balaban J connectivity index is 1.95. The average Bonchev–Trinajstić information content (AvgIpc) is 2.25. The number of nitrogens with zero attached hydrogens (tertiary/aromatic N) is 2. The van der Waals surface area contributed by atoms with E-state index in [1.54, 1.807) is 6.20 Å². The molecule has 1 aromatic rings. The van der Waals surface area contributed by atoms with E-state index in [4.69, 9.17) is 4.74 Å². The molecule has 0 saturated carbocycles. The molecule has 3 nitrogen and oxygen atoms in total. The molecular formula is C11H15BrN2O. The van der Waals surface area contributed by atoms with Crippen LogP contribution >= 0.6 is 15.9 Å². The van der Waals surface area contributed by atoms with Crippen LogP contribution in [0.4, 0.5) is 0 Å². The third-order valence-electron chi connectivity index (χ3n) is 2.67. The van der Waals surface area contributed by atoms with Gasteiger partial charge in [-0.05, 0) is 48.0 Å². The first-order valence-corrected chi connectivity index (χ1v) is 6.01. The molecule has 1 aliphatic heterocycles. The van der Waals surface area contributed by atoms with Crippen LogP contribution in [-0.2, 0) is 0 Å². The zero-order valence-electron chi connectivity index (χ0n) is 8.82. The minimum atomic E-state index is 0.312. The maximum absolute atomic E-state index is 5.85. The van der Waals surface area contributed by atoms with Crippen LogP contribution in [0.1, 0.15) is 12.8 Å². The van der Waals surface area contributed by atoms with Gasteiger partial charge in [0.25, 0.3) is 0 Å². The molecule has 0 aromatic carbocycles. The number of ether oxygens (including phenoxy) is 1. The molecule has 82 valence electrons. The van der Waals surface area contributed by atoms with Gasteiger partial charge in [0, 0.05) is 19.3 Å². The Morgan fingerprint density at radius 1 is 1.47 bits per heavy atom. The van der Waals surface area contributed by atoms with Gasteiger partial charge < -0.3 is 9.64 Å². The van der Waals surface area contributed by atoms with Crippen molar-refractivity contribution in [2.45, 2.75) is 18.9 Å². The van der Waals surface area contributed by atoms with E-state index in [-0.39, 0.29) is 0 Å². The van der Waals surface area contributed by atoms with Crippen molar-refractivity contribution < 1.29 is 4.74 Å². The lowest BCUT2D eigenvalue weighted by molar-refractivity contribution is 0.109. The number of halogens is 1. The molecule has 15 heavy (non-hydrogen) atoms. The molecule has 2 rings (SSSR count). The Kier molecular flexibility index (Phi) is 3.59. The van der Waals surface area contributed by atoms with Crippen molar-refractivity contribution in [3.8, 4) is 5.88 Å². The highest BCUT2D eigenvalue weighted by Crippen LogP contribution is 2.24. The quantitative estimate of drug-likeness (QED) is 0.825. The van der Waals surface area contributed by atoms with E-state index in [0.29, 0.717) is 12.0 Å². The number of piperidine rings is 1. The molecule has 0 radical (unpaired) electrons. The van der Waals surface area contributed by atoms with E-state index in [2.05, 4.69) is 32.9 Å². The van der Waals surface area contributed by atoms with Crippen LogP contribution in [0.25, 0.3) is 0 Å². The van der Waals surface area contributed by atoms with E-state index in [1.807, 2.05) is 12.1 Å². The number of aromatic nitrogens is 1. The smallest absolute Gasteiger partial charge is 0.228 e. The Labute approximate surface area is 98.6 Å². The van der Waals surface area contributed by atoms with Crippen molar-refractivity contribution in [2.75, 3.05) is 20.1 Å².